The van der Waals surface area contributed by atoms with E-state index in [0.717, 1.165) is 5.56 Å². The summed E-state index contributed by atoms with van der Waals surface area (Å²) in [6.45, 7) is 7.78. The van der Waals surface area contributed by atoms with Crippen molar-refractivity contribution in [1.82, 2.24) is 10.2 Å². The number of carbonyl (C=O) groups is 2. The third kappa shape index (κ3) is 3.03. The van der Waals surface area contributed by atoms with Crippen molar-refractivity contribution in [2.75, 3.05) is 13.2 Å². The summed E-state index contributed by atoms with van der Waals surface area (Å²) in [7, 11) is 0. The number of allylic oxidation sites excluding steroid dienone is 1. The van der Waals surface area contributed by atoms with Gasteiger partial charge in [0.15, 0.2) is 0 Å². The van der Waals surface area contributed by atoms with E-state index in [9.17, 15) is 9.59 Å². The van der Waals surface area contributed by atoms with Crippen LogP contribution in [0.15, 0.2) is 54.3 Å². The van der Waals surface area contributed by atoms with Gasteiger partial charge in [0, 0.05) is 12.2 Å². The minimum Gasteiger partial charge on any atom is -0.463 e. The standard InChI is InChI=1S/C17H20N2O3/c1-4-11-19-12(3)14(16(20)22-5-2)15(18-17(19)21)13-9-7-6-8-10-13/h4,6-10,15H,1,5,11H2,2-3H3,(H,18,21)/t15-/m1/s1. The van der Waals surface area contributed by atoms with Gasteiger partial charge in [-0.2, -0.15) is 0 Å². The number of hydrogen-bond donors (Lipinski definition) is 1. The smallest absolute Gasteiger partial charge is 0.338 e. The van der Waals surface area contributed by atoms with Crippen molar-refractivity contribution in [3.8, 4) is 0 Å². The summed E-state index contributed by atoms with van der Waals surface area (Å²) in [6.07, 6.45) is 1.62. The number of nitrogens with zero attached hydrogens (tertiary/aromatic N) is 1. The van der Waals surface area contributed by atoms with Crippen molar-refractivity contribution in [3.05, 3.63) is 59.8 Å². The number of nitrogens with one attached hydrogen (secondary N) is 1. The Bertz CT molecular complexity index is 608. The normalized spacial score (nSPS) is 18.0. The van der Waals surface area contributed by atoms with Gasteiger partial charge in [-0.3, -0.25) is 4.90 Å². The molecule has 0 saturated carbocycles. The molecule has 1 aromatic rings. The molecule has 1 aromatic carbocycles. The zero-order valence-corrected chi connectivity index (χ0v) is 12.8. The molecule has 0 radical (unpaired) electrons. The average molecular weight is 300 g/mol. The predicted octanol–water partition coefficient (Wildman–Crippen LogP) is 2.78. The summed E-state index contributed by atoms with van der Waals surface area (Å²) in [5.41, 5.74) is 1.89. The first-order chi connectivity index (χ1) is 10.6. The van der Waals surface area contributed by atoms with Crippen molar-refractivity contribution in [1.29, 1.82) is 0 Å². The molecule has 22 heavy (non-hydrogen) atoms. The summed E-state index contributed by atoms with van der Waals surface area (Å²) in [4.78, 5) is 26.1. The highest BCUT2D eigenvalue weighted by molar-refractivity contribution is 5.95. The molecular formula is C17H20N2O3. The van der Waals surface area contributed by atoms with Gasteiger partial charge in [-0.15, -0.1) is 6.58 Å². The molecule has 0 saturated heterocycles. The SMILES string of the molecule is C=CCN1C(=O)N[C@H](c2ccccc2)C(C(=O)OCC)=C1C. The number of urea groups is 1. The van der Waals surface area contributed by atoms with Crippen LogP contribution in [-0.2, 0) is 9.53 Å². The molecule has 2 rings (SSSR count). The Morgan fingerprint density at radius 2 is 2.09 bits per heavy atom. The van der Waals surface area contributed by atoms with Gasteiger partial charge in [0.25, 0.3) is 0 Å². The van der Waals surface area contributed by atoms with Gasteiger partial charge in [-0.05, 0) is 19.4 Å². The highest BCUT2D eigenvalue weighted by atomic mass is 16.5. The zero-order chi connectivity index (χ0) is 16.1. The lowest BCUT2D eigenvalue weighted by Gasteiger charge is -2.34. The van der Waals surface area contributed by atoms with Crippen molar-refractivity contribution >= 4 is 12.0 Å². The fraction of sp³-hybridized carbons (Fsp3) is 0.294. The van der Waals surface area contributed by atoms with Crippen LogP contribution in [0.4, 0.5) is 4.79 Å². The number of esters is 1. The molecule has 116 valence electrons. The van der Waals surface area contributed by atoms with Crippen molar-refractivity contribution in [2.24, 2.45) is 0 Å². The first kappa shape index (κ1) is 15.8. The number of amides is 2. The third-order valence-electron chi connectivity index (χ3n) is 3.54. The van der Waals surface area contributed by atoms with E-state index in [0.29, 0.717) is 17.8 Å². The maximum atomic E-state index is 12.4. The molecule has 0 aromatic heterocycles. The molecule has 2 amide bonds. The van der Waals surface area contributed by atoms with Crippen molar-refractivity contribution < 1.29 is 14.3 Å². The number of rotatable bonds is 5. The third-order valence-corrected chi connectivity index (χ3v) is 3.54. The first-order valence-corrected chi connectivity index (χ1v) is 7.21. The molecule has 5 nitrogen and oxygen atoms in total. The summed E-state index contributed by atoms with van der Waals surface area (Å²) in [5.74, 6) is -0.414. The van der Waals surface area contributed by atoms with Gasteiger partial charge in [0.2, 0.25) is 0 Å². The average Bonchev–Trinajstić information content (AvgIpc) is 2.52. The Morgan fingerprint density at radius 1 is 1.41 bits per heavy atom. The molecule has 1 aliphatic heterocycles. The van der Waals surface area contributed by atoms with E-state index in [4.69, 9.17) is 4.74 Å². The number of hydrogen-bond acceptors (Lipinski definition) is 3. The molecule has 0 aliphatic carbocycles. The monoisotopic (exact) mass is 300 g/mol. The van der Waals surface area contributed by atoms with Gasteiger partial charge < -0.3 is 10.1 Å². The summed E-state index contributed by atoms with van der Waals surface area (Å²) >= 11 is 0. The molecular weight excluding hydrogens is 280 g/mol. The second-order valence-corrected chi connectivity index (χ2v) is 4.91. The second-order valence-electron chi connectivity index (χ2n) is 4.91. The van der Waals surface area contributed by atoms with Crippen LogP contribution in [0.25, 0.3) is 0 Å². The Balaban J connectivity index is 2.50. The zero-order valence-electron chi connectivity index (χ0n) is 12.8. The minimum absolute atomic E-state index is 0.251. The Labute approximate surface area is 130 Å². The molecule has 1 aliphatic rings. The molecule has 0 fully saturated rings. The van der Waals surface area contributed by atoms with Crippen LogP contribution in [-0.4, -0.2) is 30.1 Å². The van der Waals surface area contributed by atoms with Gasteiger partial charge in [0.05, 0.1) is 18.2 Å². The van der Waals surface area contributed by atoms with Crippen LogP contribution < -0.4 is 5.32 Å². The lowest BCUT2D eigenvalue weighted by Crippen LogP contribution is -2.48. The highest BCUT2D eigenvalue weighted by Gasteiger charge is 2.35. The molecule has 0 bridgehead atoms. The van der Waals surface area contributed by atoms with Gasteiger partial charge >= 0.3 is 12.0 Å². The Hall–Kier alpha value is -2.56. The summed E-state index contributed by atoms with van der Waals surface area (Å²) in [6, 6.07) is 8.62. The molecule has 0 spiro atoms. The van der Waals surface area contributed by atoms with Gasteiger partial charge in [-0.25, -0.2) is 9.59 Å². The number of ether oxygens (including phenoxy) is 1. The van der Waals surface area contributed by atoms with Crippen LogP contribution >= 0.6 is 0 Å². The summed E-state index contributed by atoms with van der Waals surface area (Å²) < 4.78 is 5.16. The quantitative estimate of drug-likeness (QED) is 0.672. The molecule has 1 heterocycles. The fourth-order valence-corrected chi connectivity index (χ4v) is 2.50. The topological polar surface area (TPSA) is 58.6 Å². The molecule has 1 N–H and O–H groups in total. The van der Waals surface area contributed by atoms with Crippen LogP contribution in [0.1, 0.15) is 25.5 Å². The molecule has 1 atom stereocenters. The van der Waals surface area contributed by atoms with Crippen LogP contribution in [0.5, 0.6) is 0 Å². The second kappa shape index (κ2) is 6.93. The fourth-order valence-electron chi connectivity index (χ4n) is 2.50. The lowest BCUT2D eigenvalue weighted by atomic mass is 9.95. The molecule has 5 heteroatoms. The van der Waals surface area contributed by atoms with E-state index < -0.39 is 12.0 Å². The number of carbonyl (C=O) groups excluding carboxylic acids is 2. The van der Waals surface area contributed by atoms with Crippen LogP contribution in [0.2, 0.25) is 0 Å². The highest BCUT2D eigenvalue weighted by Crippen LogP contribution is 2.31. The lowest BCUT2D eigenvalue weighted by molar-refractivity contribution is -0.139. The Kier molecular flexibility index (Phi) is 4.99. The van der Waals surface area contributed by atoms with E-state index in [2.05, 4.69) is 11.9 Å². The van der Waals surface area contributed by atoms with Crippen LogP contribution in [0.3, 0.4) is 0 Å². The van der Waals surface area contributed by atoms with E-state index in [1.54, 1.807) is 19.9 Å². The van der Waals surface area contributed by atoms with E-state index in [1.807, 2.05) is 30.3 Å². The first-order valence-electron chi connectivity index (χ1n) is 7.21. The maximum absolute atomic E-state index is 12.4. The van der Waals surface area contributed by atoms with Gasteiger partial charge in [0.1, 0.15) is 0 Å². The van der Waals surface area contributed by atoms with Crippen molar-refractivity contribution in [3.63, 3.8) is 0 Å². The van der Waals surface area contributed by atoms with E-state index in [-0.39, 0.29) is 12.6 Å². The molecule has 0 unspecified atom stereocenters. The Morgan fingerprint density at radius 3 is 2.68 bits per heavy atom. The summed E-state index contributed by atoms with van der Waals surface area (Å²) in [5, 5.41) is 2.87. The maximum Gasteiger partial charge on any atom is 0.338 e. The predicted molar refractivity (Wildman–Crippen MR) is 84.0 cm³/mol. The van der Waals surface area contributed by atoms with Crippen LogP contribution in [0, 0.1) is 0 Å². The largest absolute Gasteiger partial charge is 0.463 e. The van der Waals surface area contributed by atoms with Crippen molar-refractivity contribution in [2.45, 2.75) is 19.9 Å². The van der Waals surface area contributed by atoms with Gasteiger partial charge in [-0.1, -0.05) is 36.4 Å². The number of benzene rings is 1. The van der Waals surface area contributed by atoms with E-state index in [1.165, 1.54) is 4.90 Å². The van der Waals surface area contributed by atoms with E-state index >= 15 is 0 Å². The minimum atomic E-state index is -0.506.